The van der Waals surface area contributed by atoms with Gasteiger partial charge in [0, 0.05) is 17.4 Å². The lowest BCUT2D eigenvalue weighted by Gasteiger charge is -2.45. The van der Waals surface area contributed by atoms with Crippen LogP contribution in [0.3, 0.4) is 0 Å². The van der Waals surface area contributed by atoms with Crippen molar-refractivity contribution in [3.63, 3.8) is 0 Å². The number of hydrogen-bond acceptors (Lipinski definition) is 5. The summed E-state index contributed by atoms with van der Waals surface area (Å²) in [6.07, 6.45) is 3.93. The molecule has 330 valence electrons. The minimum absolute atomic E-state index is 0.576. The van der Waals surface area contributed by atoms with Gasteiger partial charge in [-0.05, 0) is 145 Å². The first-order valence-corrected chi connectivity index (χ1v) is 24.4. The van der Waals surface area contributed by atoms with Gasteiger partial charge in [0.1, 0.15) is 0 Å². The minimum atomic E-state index is -0.835. The fraction of sp³-hybridized carbons (Fsp3) is 0.0303. The van der Waals surface area contributed by atoms with Crippen LogP contribution in [0, 0.1) is 0 Å². The van der Waals surface area contributed by atoms with Crippen LogP contribution < -0.4 is 14.5 Å². The molecule has 2 aliphatic heterocycles. The summed E-state index contributed by atoms with van der Waals surface area (Å²) in [5.41, 5.74) is 23.8. The summed E-state index contributed by atoms with van der Waals surface area (Å²) < 4.78 is 6.54. The van der Waals surface area contributed by atoms with E-state index in [1.165, 1.54) is 66.8 Å². The lowest BCUT2D eigenvalue weighted by Crippen LogP contribution is -2.37. The molecule has 9 aromatic carbocycles. The zero-order valence-electron chi connectivity index (χ0n) is 38.3. The molecule has 16 rings (SSSR count). The van der Waals surface area contributed by atoms with E-state index in [1.54, 1.807) is 0 Å². The maximum Gasteiger partial charge on any atom is 0.151 e. The minimum Gasteiger partial charge on any atom is -0.453 e. The number of anilines is 6. The Morgan fingerprint density at radius 3 is 1.59 bits per heavy atom. The van der Waals surface area contributed by atoms with E-state index < -0.39 is 10.8 Å². The topological polar surface area (TPSA) is 41.5 Å². The molecule has 71 heavy (non-hydrogen) atoms. The van der Waals surface area contributed by atoms with Crippen LogP contribution >= 0.6 is 0 Å². The van der Waals surface area contributed by atoms with Gasteiger partial charge in [-0.15, -0.1) is 0 Å². The summed E-state index contributed by atoms with van der Waals surface area (Å²) >= 11 is 0. The summed E-state index contributed by atoms with van der Waals surface area (Å²) in [4.78, 5) is 15.6. The van der Waals surface area contributed by atoms with Crippen molar-refractivity contribution in [2.45, 2.75) is 10.8 Å². The molecule has 5 nitrogen and oxygen atoms in total. The summed E-state index contributed by atoms with van der Waals surface area (Å²) in [6, 6.07) is 84.6. The SMILES string of the molecule is c1ccc(-c2ccc3c(c2)-c2cc4c(cc2C32c3ccccc3-c3ccccc32)N(c2ccccc2)c2ccccc2C42c3cccnc3-c3ncc(N4c5ccccc5Oc5ccccc54)cc32)cc1. The summed E-state index contributed by atoms with van der Waals surface area (Å²) in [5.74, 6) is 1.60. The van der Waals surface area contributed by atoms with Crippen LogP contribution in [0.1, 0.15) is 44.5 Å². The summed E-state index contributed by atoms with van der Waals surface area (Å²) in [5, 5.41) is 0. The van der Waals surface area contributed by atoms with E-state index in [1.807, 2.05) is 36.7 Å². The zero-order chi connectivity index (χ0) is 46.4. The smallest absolute Gasteiger partial charge is 0.151 e. The van der Waals surface area contributed by atoms with Crippen molar-refractivity contribution in [3.8, 4) is 56.3 Å². The molecule has 5 heteroatoms. The average molecular weight is 905 g/mol. The molecule has 0 saturated heterocycles. The summed E-state index contributed by atoms with van der Waals surface area (Å²) in [7, 11) is 0. The molecule has 2 aromatic heterocycles. The lowest BCUT2D eigenvalue weighted by molar-refractivity contribution is 0.477. The molecule has 0 amide bonds. The second-order valence-corrected chi connectivity index (χ2v) is 19.2. The van der Waals surface area contributed by atoms with Gasteiger partial charge < -0.3 is 14.5 Å². The zero-order valence-corrected chi connectivity index (χ0v) is 38.3. The Morgan fingerprint density at radius 1 is 0.310 bits per heavy atom. The van der Waals surface area contributed by atoms with Crippen LogP contribution in [0.4, 0.5) is 34.1 Å². The fourth-order valence-electron chi connectivity index (χ4n) is 13.2. The Balaban J connectivity index is 1.05. The molecule has 2 spiro atoms. The molecule has 0 radical (unpaired) electrons. The highest BCUT2D eigenvalue weighted by atomic mass is 16.5. The third kappa shape index (κ3) is 4.89. The van der Waals surface area contributed by atoms with Gasteiger partial charge >= 0.3 is 0 Å². The van der Waals surface area contributed by atoms with Crippen LogP contribution in [-0.4, -0.2) is 9.97 Å². The monoisotopic (exact) mass is 904 g/mol. The molecule has 3 aliphatic carbocycles. The fourth-order valence-corrected chi connectivity index (χ4v) is 13.2. The molecule has 0 N–H and O–H groups in total. The maximum absolute atomic E-state index is 6.54. The van der Waals surface area contributed by atoms with E-state index in [0.717, 1.165) is 68.1 Å². The number of ether oxygens (including phenoxy) is 1. The third-order valence-corrected chi connectivity index (χ3v) is 15.9. The highest BCUT2D eigenvalue weighted by Gasteiger charge is 2.57. The Bertz CT molecular complexity index is 3980. The van der Waals surface area contributed by atoms with E-state index >= 15 is 0 Å². The first-order chi connectivity index (χ1) is 35.2. The maximum atomic E-state index is 6.54. The molecule has 0 bridgehead atoms. The number of rotatable bonds is 3. The number of para-hydroxylation sites is 6. The number of aromatic nitrogens is 2. The van der Waals surface area contributed by atoms with E-state index in [2.05, 4.69) is 216 Å². The van der Waals surface area contributed by atoms with Crippen molar-refractivity contribution in [2.24, 2.45) is 0 Å². The standard InChI is InChI=1S/C66H40N4O/c1-3-18-41(19-4-1)42-33-34-51-47(36-42)48-38-55-60(39-54(48)65(51)49-24-9-7-22-45(49)46-23-8-10-25-50(46)65)69(43-20-5-2-6-21-43)57-28-12-11-26-52(57)66(55)53-27-17-35-67-63(53)64-56(66)37-44(40-68-64)70-58-29-13-15-31-61(58)71-62-32-16-14-30-59(62)70/h1-40H. The second-order valence-electron chi connectivity index (χ2n) is 19.2. The number of benzene rings is 9. The Hall–Kier alpha value is -9.32. The highest BCUT2D eigenvalue weighted by Crippen LogP contribution is 2.68. The van der Waals surface area contributed by atoms with Crippen molar-refractivity contribution >= 4 is 34.1 Å². The first kappa shape index (κ1) is 38.6. The van der Waals surface area contributed by atoms with E-state index in [0.29, 0.717) is 0 Å². The quantitative estimate of drug-likeness (QED) is 0.177. The molecular weight excluding hydrogens is 865 g/mol. The summed E-state index contributed by atoms with van der Waals surface area (Å²) in [6.45, 7) is 0. The average Bonchev–Trinajstić information content (AvgIpc) is 4.02. The molecule has 0 saturated carbocycles. The van der Waals surface area contributed by atoms with Gasteiger partial charge in [-0.1, -0.05) is 158 Å². The van der Waals surface area contributed by atoms with Gasteiger partial charge in [0.25, 0.3) is 0 Å². The molecule has 4 heterocycles. The van der Waals surface area contributed by atoms with Gasteiger partial charge in [0.05, 0.1) is 56.9 Å². The van der Waals surface area contributed by atoms with Crippen LogP contribution in [0.5, 0.6) is 11.5 Å². The number of nitrogens with zero attached hydrogens (tertiary/aromatic N) is 4. The number of hydrogen-bond donors (Lipinski definition) is 0. The van der Waals surface area contributed by atoms with Gasteiger partial charge in [0.15, 0.2) is 11.5 Å². The van der Waals surface area contributed by atoms with Gasteiger partial charge in [0.2, 0.25) is 0 Å². The predicted molar refractivity (Wildman–Crippen MR) is 284 cm³/mol. The van der Waals surface area contributed by atoms with Crippen LogP contribution in [0.15, 0.2) is 243 Å². The number of pyridine rings is 2. The Labute approximate surface area is 411 Å². The van der Waals surface area contributed by atoms with E-state index in [9.17, 15) is 0 Å². The first-order valence-electron chi connectivity index (χ1n) is 24.4. The molecule has 1 unspecified atom stereocenters. The molecular formula is C66H40N4O. The van der Waals surface area contributed by atoms with Gasteiger partial charge in [-0.25, -0.2) is 0 Å². The van der Waals surface area contributed by atoms with Crippen LogP contribution in [0.25, 0.3) is 44.8 Å². The lowest BCUT2D eigenvalue weighted by atomic mass is 9.63. The van der Waals surface area contributed by atoms with Crippen molar-refractivity contribution in [1.82, 2.24) is 9.97 Å². The van der Waals surface area contributed by atoms with E-state index in [4.69, 9.17) is 14.7 Å². The van der Waals surface area contributed by atoms with Crippen LogP contribution in [0.2, 0.25) is 0 Å². The Morgan fingerprint density at radius 2 is 0.859 bits per heavy atom. The van der Waals surface area contributed by atoms with Gasteiger partial charge in [-0.2, -0.15) is 0 Å². The van der Waals surface area contributed by atoms with Crippen molar-refractivity contribution in [1.29, 1.82) is 0 Å². The third-order valence-electron chi connectivity index (χ3n) is 15.9. The second kappa shape index (κ2) is 14.1. The highest BCUT2D eigenvalue weighted by molar-refractivity contribution is 6.02. The number of fused-ring (bicyclic) bond motifs is 21. The molecule has 5 aliphatic rings. The predicted octanol–water partition coefficient (Wildman–Crippen LogP) is 16.2. The molecule has 0 fully saturated rings. The van der Waals surface area contributed by atoms with Gasteiger partial charge in [-0.3, -0.25) is 9.97 Å². The van der Waals surface area contributed by atoms with Crippen LogP contribution in [-0.2, 0) is 10.8 Å². The van der Waals surface area contributed by atoms with E-state index in [-0.39, 0.29) is 0 Å². The van der Waals surface area contributed by atoms with Crippen molar-refractivity contribution < 1.29 is 4.74 Å². The molecule has 11 aromatic rings. The van der Waals surface area contributed by atoms with Crippen molar-refractivity contribution in [2.75, 3.05) is 9.80 Å². The largest absolute Gasteiger partial charge is 0.453 e. The van der Waals surface area contributed by atoms with Crippen molar-refractivity contribution in [3.05, 3.63) is 287 Å². The normalized spacial score (nSPS) is 16.1. The molecule has 1 atom stereocenters. The Kier molecular flexibility index (Phi) is 7.69.